The molecule has 0 fully saturated rings. The number of pyridine rings is 1. The van der Waals surface area contributed by atoms with Gasteiger partial charge in [-0.05, 0) is 45.0 Å². The van der Waals surface area contributed by atoms with Crippen molar-refractivity contribution in [3.8, 4) is 0 Å². The molecule has 0 spiro atoms. The van der Waals surface area contributed by atoms with Crippen molar-refractivity contribution in [2.24, 2.45) is 0 Å². The summed E-state index contributed by atoms with van der Waals surface area (Å²) in [4.78, 5) is 57.2. The van der Waals surface area contributed by atoms with E-state index >= 15 is 0 Å². The third-order valence-corrected chi connectivity index (χ3v) is 3.56. The number of ether oxygens (including phenoxy) is 1. The highest BCUT2D eigenvalue weighted by atomic mass is 16.7. The quantitative estimate of drug-likeness (QED) is 0.810. The van der Waals surface area contributed by atoms with E-state index in [9.17, 15) is 19.2 Å². The van der Waals surface area contributed by atoms with Gasteiger partial charge in [0.1, 0.15) is 11.4 Å². The fraction of sp³-hybridized carbons (Fsp3) is 0.211. The van der Waals surface area contributed by atoms with Crippen molar-refractivity contribution in [1.82, 2.24) is 10.0 Å². The van der Waals surface area contributed by atoms with Crippen LogP contribution >= 0.6 is 0 Å². The fourth-order valence-corrected chi connectivity index (χ4v) is 2.38. The van der Waals surface area contributed by atoms with E-state index in [0.29, 0.717) is 5.06 Å². The van der Waals surface area contributed by atoms with Crippen LogP contribution in [0.2, 0.25) is 0 Å². The monoisotopic (exact) mass is 383 g/mol. The smallest absolute Gasteiger partial charge is 0.413 e. The van der Waals surface area contributed by atoms with Gasteiger partial charge in [0.2, 0.25) is 0 Å². The van der Waals surface area contributed by atoms with Gasteiger partial charge in [0, 0.05) is 6.20 Å². The number of hydrogen-bond acceptors (Lipinski definition) is 7. The number of benzene rings is 1. The summed E-state index contributed by atoms with van der Waals surface area (Å²) >= 11 is 0. The molecule has 0 atom stereocenters. The van der Waals surface area contributed by atoms with Gasteiger partial charge in [-0.15, -0.1) is 0 Å². The SMILES string of the molecule is CC(C)(C)OC(=O)Nc1ccc(C(=O)ON2C(=O)c3ccccc3C2=O)cn1. The molecular weight excluding hydrogens is 366 g/mol. The van der Waals surface area contributed by atoms with Crippen LogP contribution in [0.3, 0.4) is 0 Å². The van der Waals surface area contributed by atoms with Crippen molar-refractivity contribution in [3.63, 3.8) is 0 Å². The second-order valence-electron chi connectivity index (χ2n) is 6.89. The Bertz CT molecular complexity index is 927. The van der Waals surface area contributed by atoms with Crippen molar-refractivity contribution in [1.29, 1.82) is 0 Å². The highest BCUT2D eigenvalue weighted by molar-refractivity contribution is 6.21. The molecule has 2 heterocycles. The van der Waals surface area contributed by atoms with E-state index in [0.717, 1.165) is 6.20 Å². The molecule has 0 saturated carbocycles. The Hall–Kier alpha value is -3.75. The maximum absolute atomic E-state index is 12.2. The number of nitrogens with one attached hydrogen (secondary N) is 1. The molecule has 2 aromatic rings. The first-order chi connectivity index (χ1) is 13.2. The number of hydrogen-bond donors (Lipinski definition) is 1. The van der Waals surface area contributed by atoms with E-state index in [-0.39, 0.29) is 22.5 Å². The van der Waals surface area contributed by atoms with Crippen molar-refractivity contribution in [2.75, 3.05) is 5.32 Å². The first kappa shape index (κ1) is 19.0. The second-order valence-corrected chi connectivity index (χ2v) is 6.89. The predicted octanol–water partition coefficient (Wildman–Crippen LogP) is 2.80. The van der Waals surface area contributed by atoms with Gasteiger partial charge in [-0.25, -0.2) is 14.6 Å². The number of aromatic nitrogens is 1. The molecule has 144 valence electrons. The number of carbonyl (C=O) groups excluding carboxylic acids is 4. The standard InChI is InChI=1S/C19H17N3O6/c1-19(2,3)27-18(26)21-14-9-8-11(10-20-14)17(25)28-22-15(23)12-6-4-5-7-13(12)16(22)24/h4-10H,1-3H3,(H,20,21,26). The third kappa shape index (κ3) is 3.98. The summed E-state index contributed by atoms with van der Waals surface area (Å²) in [5.74, 6) is -2.22. The molecule has 1 aromatic heterocycles. The molecule has 3 rings (SSSR count). The van der Waals surface area contributed by atoms with Crippen molar-refractivity contribution < 1.29 is 28.8 Å². The molecule has 1 aliphatic rings. The van der Waals surface area contributed by atoms with Gasteiger partial charge in [0.15, 0.2) is 0 Å². The number of anilines is 1. The number of amides is 3. The van der Waals surface area contributed by atoms with E-state index < -0.39 is 29.5 Å². The summed E-state index contributed by atoms with van der Waals surface area (Å²) in [7, 11) is 0. The van der Waals surface area contributed by atoms with Gasteiger partial charge in [-0.3, -0.25) is 14.9 Å². The minimum Gasteiger partial charge on any atom is -0.444 e. The molecule has 3 amide bonds. The van der Waals surface area contributed by atoms with E-state index in [4.69, 9.17) is 9.57 Å². The maximum Gasteiger partial charge on any atom is 0.413 e. The summed E-state index contributed by atoms with van der Waals surface area (Å²) in [5, 5.41) is 2.84. The lowest BCUT2D eigenvalue weighted by molar-refractivity contribution is -0.0584. The van der Waals surface area contributed by atoms with E-state index in [1.165, 1.54) is 24.3 Å². The van der Waals surface area contributed by atoms with Gasteiger partial charge < -0.3 is 9.57 Å². The van der Waals surface area contributed by atoms with Crippen molar-refractivity contribution >= 4 is 29.7 Å². The normalized spacial score (nSPS) is 13.2. The minimum atomic E-state index is -0.939. The molecule has 0 saturated heterocycles. The lowest BCUT2D eigenvalue weighted by atomic mass is 10.1. The maximum atomic E-state index is 12.2. The molecule has 28 heavy (non-hydrogen) atoms. The first-order valence-electron chi connectivity index (χ1n) is 8.32. The third-order valence-electron chi connectivity index (χ3n) is 3.56. The summed E-state index contributed by atoms with van der Waals surface area (Å²) in [6.07, 6.45) is 0.453. The van der Waals surface area contributed by atoms with Crippen LogP contribution in [-0.2, 0) is 9.57 Å². The fourth-order valence-electron chi connectivity index (χ4n) is 2.38. The molecule has 9 nitrogen and oxygen atoms in total. The zero-order valence-electron chi connectivity index (χ0n) is 15.4. The number of imide groups is 1. The topological polar surface area (TPSA) is 115 Å². The Balaban J connectivity index is 1.65. The van der Waals surface area contributed by atoms with Crippen LogP contribution in [0.25, 0.3) is 0 Å². The van der Waals surface area contributed by atoms with Crippen LogP contribution in [0.4, 0.5) is 10.6 Å². The molecule has 1 N–H and O–H groups in total. The molecule has 0 bridgehead atoms. The zero-order chi connectivity index (χ0) is 20.5. The van der Waals surface area contributed by atoms with Crippen LogP contribution in [0.5, 0.6) is 0 Å². The average molecular weight is 383 g/mol. The van der Waals surface area contributed by atoms with Crippen LogP contribution in [0.1, 0.15) is 51.8 Å². The molecule has 1 aliphatic heterocycles. The second kappa shape index (κ2) is 7.10. The number of hydroxylamine groups is 2. The summed E-state index contributed by atoms with van der Waals surface area (Å²) < 4.78 is 5.10. The van der Waals surface area contributed by atoms with Crippen molar-refractivity contribution in [3.05, 3.63) is 59.3 Å². The van der Waals surface area contributed by atoms with E-state index in [1.807, 2.05) is 0 Å². The summed E-state index contributed by atoms with van der Waals surface area (Å²) in [5.41, 5.74) is -0.350. The van der Waals surface area contributed by atoms with E-state index in [2.05, 4.69) is 10.3 Å². The van der Waals surface area contributed by atoms with Crippen LogP contribution in [0.15, 0.2) is 42.6 Å². The molecular formula is C19H17N3O6. The predicted molar refractivity (Wildman–Crippen MR) is 96.5 cm³/mol. The summed E-state index contributed by atoms with van der Waals surface area (Å²) in [6, 6.07) is 8.86. The molecule has 9 heteroatoms. The Kier molecular flexibility index (Phi) is 4.83. The number of fused-ring (bicyclic) bond motifs is 1. The van der Waals surface area contributed by atoms with Crippen molar-refractivity contribution in [2.45, 2.75) is 26.4 Å². The minimum absolute atomic E-state index is 0.00806. The molecule has 1 aromatic carbocycles. The van der Waals surface area contributed by atoms with Crippen LogP contribution in [-0.4, -0.2) is 39.5 Å². The highest BCUT2D eigenvalue weighted by Crippen LogP contribution is 2.23. The van der Waals surface area contributed by atoms with E-state index in [1.54, 1.807) is 32.9 Å². The Morgan fingerprint density at radius 3 is 2.11 bits per heavy atom. The van der Waals surface area contributed by atoms with Gasteiger partial charge >= 0.3 is 12.1 Å². The van der Waals surface area contributed by atoms with Crippen LogP contribution in [0, 0.1) is 0 Å². The molecule has 0 unspecified atom stereocenters. The molecule has 0 radical (unpaired) electrons. The largest absolute Gasteiger partial charge is 0.444 e. The lowest BCUT2D eigenvalue weighted by Gasteiger charge is -2.19. The number of nitrogens with zero attached hydrogens (tertiary/aromatic N) is 2. The number of carbonyl (C=O) groups is 4. The van der Waals surface area contributed by atoms with Gasteiger partial charge in [0.05, 0.1) is 16.7 Å². The zero-order valence-corrected chi connectivity index (χ0v) is 15.4. The van der Waals surface area contributed by atoms with Gasteiger partial charge in [0.25, 0.3) is 11.8 Å². The summed E-state index contributed by atoms with van der Waals surface area (Å²) in [6.45, 7) is 5.16. The highest BCUT2D eigenvalue weighted by Gasteiger charge is 2.38. The molecule has 0 aliphatic carbocycles. The number of rotatable bonds is 3. The average Bonchev–Trinajstić information content (AvgIpc) is 2.86. The van der Waals surface area contributed by atoms with Gasteiger partial charge in [-0.2, -0.15) is 0 Å². The lowest BCUT2D eigenvalue weighted by Crippen LogP contribution is -2.32. The first-order valence-corrected chi connectivity index (χ1v) is 8.32. The Morgan fingerprint density at radius 2 is 1.61 bits per heavy atom. The Morgan fingerprint density at radius 1 is 1.00 bits per heavy atom. The Labute approximate surface area is 160 Å². The van der Waals surface area contributed by atoms with Crippen LogP contribution < -0.4 is 5.32 Å². The van der Waals surface area contributed by atoms with Gasteiger partial charge in [-0.1, -0.05) is 17.2 Å².